The Morgan fingerprint density at radius 3 is 2.43 bits per heavy atom. The quantitative estimate of drug-likeness (QED) is 0.847. The third kappa shape index (κ3) is 4.78. The van der Waals surface area contributed by atoms with Crippen LogP contribution < -0.4 is 5.32 Å². The minimum atomic E-state index is -3.70. The lowest BCUT2D eigenvalue weighted by Gasteiger charge is -2.15. The number of benzene rings is 1. The van der Waals surface area contributed by atoms with Gasteiger partial charge in [0.1, 0.15) is 4.21 Å². The third-order valence-electron chi connectivity index (χ3n) is 3.19. The Morgan fingerprint density at radius 2 is 1.87 bits per heavy atom. The Labute approximate surface area is 144 Å². The van der Waals surface area contributed by atoms with Gasteiger partial charge in [0.15, 0.2) is 0 Å². The monoisotopic (exact) mass is 372 g/mol. The van der Waals surface area contributed by atoms with E-state index in [2.05, 4.69) is 5.32 Å². The van der Waals surface area contributed by atoms with Gasteiger partial charge in [-0.15, -0.1) is 11.3 Å². The largest absolute Gasteiger partial charge is 0.351 e. The fraction of sp³-hybridized carbons (Fsp3) is 0.267. The van der Waals surface area contributed by atoms with Gasteiger partial charge in [0.05, 0.1) is 10.9 Å². The number of amides is 1. The molecular formula is C15H17ClN2O3S2. The van der Waals surface area contributed by atoms with Crippen LogP contribution in [0.1, 0.15) is 11.1 Å². The number of hydrogen-bond donors (Lipinski definition) is 1. The Balaban J connectivity index is 1.93. The van der Waals surface area contributed by atoms with E-state index in [0.717, 1.165) is 26.8 Å². The molecule has 124 valence electrons. The van der Waals surface area contributed by atoms with E-state index in [4.69, 9.17) is 11.6 Å². The van der Waals surface area contributed by atoms with Crippen LogP contribution in [0.3, 0.4) is 0 Å². The molecule has 0 unspecified atom stereocenters. The summed E-state index contributed by atoms with van der Waals surface area (Å²) in [6.07, 6.45) is 0. The summed E-state index contributed by atoms with van der Waals surface area (Å²) >= 11 is 6.73. The molecule has 23 heavy (non-hydrogen) atoms. The van der Waals surface area contributed by atoms with Crippen molar-refractivity contribution in [2.24, 2.45) is 0 Å². The van der Waals surface area contributed by atoms with Crippen LogP contribution in [-0.4, -0.2) is 32.2 Å². The van der Waals surface area contributed by atoms with Crippen molar-refractivity contribution >= 4 is 38.9 Å². The number of rotatable bonds is 6. The molecule has 8 heteroatoms. The molecule has 1 N–H and O–H groups in total. The molecule has 0 aliphatic heterocycles. The zero-order valence-electron chi connectivity index (χ0n) is 12.7. The van der Waals surface area contributed by atoms with E-state index in [9.17, 15) is 13.2 Å². The molecular weight excluding hydrogens is 356 g/mol. The highest BCUT2D eigenvalue weighted by atomic mass is 35.5. The summed E-state index contributed by atoms with van der Waals surface area (Å²) in [6, 6.07) is 10.7. The van der Waals surface area contributed by atoms with Gasteiger partial charge in [-0.25, -0.2) is 8.42 Å². The van der Waals surface area contributed by atoms with Crippen LogP contribution in [0.15, 0.2) is 40.6 Å². The highest BCUT2D eigenvalue weighted by molar-refractivity contribution is 7.91. The van der Waals surface area contributed by atoms with Gasteiger partial charge < -0.3 is 5.32 Å². The van der Waals surface area contributed by atoms with Gasteiger partial charge >= 0.3 is 0 Å². The van der Waals surface area contributed by atoms with Gasteiger partial charge in [-0.2, -0.15) is 4.31 Å². The van der Waals surface area contributed by atoms with Crippen LogP contribution in [0.2, 0.25) is 4.34 Å². The number of nitrogens with one attached hydrogen (secondary N) is 1. The van der Waals surface area contributed by atoms with Crippen molar-refractivity contribution in [3.8, 4) is 0 Å². The number of hydrogen-bond acceptors (Lipinski definition) is 4. The number of likely N-dealkylation sites (N-methyl/N-ethyl adjacent to an activating group) is 1. The molecule has 1 aromatic heterocycles. The number of carbonyl (C=O) groups excluding carboxylic acids is 1. The van der Waals surface area contributed by atoms with Crippen molar-refractivity contribution in [1.29, 1.82) is 0 Å². The molecule has 0 fully saturated rings. The van der Waals surface area contributed by atoms with Crippen molar-refractivity contribution in [3.05, 3.63) is 51.9 Å². The van der Waals surface area contributed by atoms with Crippen LogP contribution in [0.5, 0.6) is 0 Å². The van der Waals surface area contributed by atoms with Gasteiger partial charge in [-0.1, -0.05) is 41.4 Å². The van der Waals surface area contributed by atoms with Gasteiger partial charge in [0.25, 0.3) is 10.0 Å². The average molecular weight is 373 g/mol. The maximum atomic E-state index is 12.3. The highest BCUT2D eigenvalue weighted by Crippen LogP contribution is 2.27. The first-order valence-corrected chi connectivity index (χ1v) is 9.46. The zero-order chi connectivity index (χ0) is 17.0. The highest BCUT2D eigenvalue weighted by Gasteiger charge is 2.24. The van der Waals surface area contributed by atoms with E-state index in [1.165, 1.54) is 19.2 Å². The fourth-order valence-corrected chi connectivity index (χ4v) is 4.66. The molecule has 0 aliphatic carbocycles. The first kappa shape index (κ1) is 17.9. The van der Waals surface area contributed by atoms with E-state index >= 15 is 0 Å². The Hall–Kier alpha value is -1.41. The summed E-state index contributed by atoms with van der Waals surface area (Å²) in [5, 5.41) is 2.71. The second-order valence-electron chi connectivity index (χ2n) is 5.08. The van der Waals surface area contributed by atoms with Crippen LogP contribution in [0.4, 0.5) is 0 Å². The van der Waals surface area contributed by atoms with Gasteiger partial charge in [0.2, 0.25) is 5.91 Å². The van der Waals surface area contributed by atoms with Crippen LogP contribution in [0.25, 0.3) is 0 Å². The number of nitrogens with zero attached hydrogens (tertiary/aromatic N) is 1. The summed E-state index contributed by atoms with van der Waals surface area (Å²) in [6.45, 7) is 2.10. The molecule has 0 radical (unpaired) electrons. The number of aryl methyl sites for hydroxylation is 1. The van der Waals surface area contributed by atoms with Gasteiger partial charge in [-0.05, 0) is 24.6 Å². The predicted molar refractivity (Wildman–Crippen MR) is 92.2 cm³/mol. The molecule has 0 aliphatic rings. The van der Waals surface area contributed by atoms with Crippen molar-refractivity contribution in [2.45, 2.75) is 17.7 Å². The first-order valence-electron chi connectivity index (χ1n) is 6.83. The SMILES string of the molecule is Cc1ccc(CNC(=O)CN(C)S(=O)(=O)c2ccc(Cl)s2)cc1. The normalized spacial score (nSPS) is 11.7. The molecule has 1 aromatic carbocycles. The van der Waals surface area contributed by atoms with E-state index < -0.39 is 10.0 Å². The third-order valence-corrected chi connectivity index (χ3v) is 6.69. The molecule has 1 heterocycles. The van der Waals surface area contributed by atoms with Gasteiger partial charge in [-0.3, -0.25) is 4.79 Å². The van der Waals surface area contributed by atoms with E-state index in [1.54, 1.807) is 0 Å². The average Bonchev–Trinajstić information content (AvgIpc) is 2.94. The van der Waals surface area contributed by atoms with E-state index in [0.29, 0.717) is 10.9 Å². The van der Waals surface area contributed by atoms with E-state index in [-0.39, 0.29) is 16.7 Å². The molecule has 0 saturated carbocycles. The second kappa shape index (κ2) is 7.44. The Bertz CT molecular complexity index is 785. The molecule has 0 bridgehead atoms. The maximum Gasteiger partial charge on any atom is 0.252 e. The van der Waals surface area contributed by atoms with Crippen LogP contribution in [0, 0.1) is 6.92 Å². The summed E-state index contributed by atoms with van der Waals surface area (Å²) in [5.74, 6) is -0.362. The van der Waals surface area contributed by atoms with Crippen LogP contribution in [-0.2, 0) is 21.4 Å². The molecule has 2 aromatic rings. The topological polar surface area (TPSA) is 66.5 Å². The number of thiophene rings is 1. The first-order chi connectivity index (χ1) is 10.8. The fourth-order valence-electron chi connectivity index (χ4n) is 1.84. The van der Waals surface area contributed by atoms with Gasteiger partial charge in [0, 0.05) is 13.6 Å². The molecule has 0 atom stereocenters. The molecule has 2 rings (SSSR count). The smallest absolute Gasteiger partial charge is 0.252 e. The van der Waals surface area contributed by atoms with Crippen molar-refractivity contribution in [3.63, 3.8) is 0 Å². The summed E-state index contributed by atoms with van der Waals surface area (Å²) in [4.78, 5) is 11.9. The van der Waals surface area contributed by atoms with E-state index in [1.807, 2.05) is 31.2 Å². The van der Waals surface area contributed by atoms with Crippen LogP contribution >= 0.6 is 22.9 Å². The minimum Gasteiger partial charge on any atom is -0.351 e. The van der Waals surface area contributed by atoms with Crippen molar-refractivity contribution in [1.82, 2.24) is 9.62 Å². The summed E-state index contributed by atoms with van der Waals surface area (Å²) in [5.41, 5.74) is 2.10. The predicted octanol–water partition coefficient (Wildman–Crippen LogP) is 2.65. The summed E-state index contributed by atoms with van der Waals surface area (Å²) < 4.78 is 26.1. The summed E-state index contributed by atoms with van der Waals surface area (Å²) in [7, 11) is -2.33. The lowest BCUT2D eigenvalue weighted by molar-refractivity contribution is -0.121. The Kier molecular flexibility index (Phi) is 5.80. The molecule has 0 spiro atoms. The second-order valence-corrected chi connectivity index (χ2v) is 9.07. The molecule has 0 saturated heterocycles. The Morgan fingerprint density at radius 1 is 1.22 bits per heavy atom. The van der Waals surface area contributed by atoms with Crippen molar-refractivity contribution < 1.29 is 13.2 Å². The lowest BCUT2D eigenvalue weighted by atomic mass is 10.1. The molecule has 5 nitrogen and oxygen atoms in total. The number of sulfonamides is 1. The standard InChI is InChI=1S/C15H17ClN2O3S2/c1-11-3-5-12(6-4-11)9-17-14(19)10-18(2)23(20,21)15-8-7-13(16)22-15/h3-8H,9-10H2,1-2H3,(H,17,19). The maximum absolute atomic E-state index is 12.3. The zero-order valence-corrected chi connectivity index (χ0v) is 15.1. The number of halogens is 1. The minimum absolute atomic E-state index is 0.122. The molecule has 1 amide bonds. The lowest BCUT2D eigenvalue weighted by Crippen LogP contribution is -2.37. The number of carbonyl (C=O) groups is 1. The van der Waals surface area contributed by atoms with Crippen molar-refractivity contribution in [2.75, 3.05) is 13.6 Å².